The zero-order chi connectivity index (χ0) is 12.1. The van der Waals surface area contributed by atoms with E-state index in [1.54, 1.807) is 0 Å². The van der Waals surface area contributed by atoms with Gasteiger partial charge in [0.25, 0.3) is 0 Å². The van der Waals surface area contributed by atoms with Crippen LogP contribution in [0.25, 0.3) is 0 Å². The first-order chi connectivity index (χ1) is 8.21. The van der Waals surface area contributed by atoms with Gasteiger partial charge in [-0.05, 0) is 25.5 Å². The van der Waals surface area contributed by atoms with E-state index in [0.717, 1.165) is 19.4 Å². The van der Waals surface area contributed by atoms with Crippen LogP contribution in [0, 0.1) is 0 Å². The average Bonchev–Trinajstić information content (AvgIpc) is 2.67. The van der Waals surface area contributed by atoms with Gasteiger partial charge in [0.15, 0.2) is 0 Å². The SMILES string of the molecule is CC1OCCC1(O)CNCCc1ccccc1. The maximum absolute atomic E-state index is 10.3. The van der Waals surface area contributed by atoms with Gasteiger partial charge in [0.2, 0.25) is 0 Å². The molecule has 2 atom stereocenters. The second-order valence-electron chi connectivity index (χ2n) is 4.78. The van der Waals surface area contributed by atoms with E-state index in [4.69, 9.17) is 4.74 Å². The third kappa shape index (κ3) is 3.28. The third-order valence-corrected chi connectivity index (χ3v) is 3.52. The van der Waals surface area contributed by atoms with Crippen LogP contribution in [0.3, 0.4) is 0 Å². The van der Waals surface area contributed by atoms with Gasteiger partial charge < -0.3 is 15.2 Å². The van der Waals surface area contributed by atoms with Crippen LogP contribution >= 0.6 is 0 Å². The molecule has 1 aromatic carbocycles. The Morgan fingerprint density at radius 3 is 2.82 bits per heavy atom. The lowest BCUT2D eigenvalue weighted by Crippen LogP contribution is -2.46. The zero-order valence-electron chi connectivity index (χ0n) is 10.4. The molecule has 0 aliphatic carbocycles. The molecule has 2 N–H and O–H groups in total. The van der Waals surface area contributed by atoms with Gasteiger partial charge >= 0.3 is 0 Å². The van der Waals surface area contributed by atoms with Gasteiger partial charge in [-0.15, -0.1) is 0 Å². The molecule has 1 heterocycles. The summed E-state index contributed by atoms with van der Waals surface area (Å²) in [4.78, 5) is 0. The lowest BCUT2D eigenvalue weighted by Gasteiger charge is -2.26. The molecule has 0 aromatic heterocycles. The predicted molar refractivity (Wildman–Crippen MR) is 68.0 cm³/mol. The van der Waals surface area contributed by atoms with Crippen molar-refractivity contribution in [3.05, 3.63) is 35.9 Å². The lowest BCUT2D eigenvalue weighted by atomic mass is 9.96. The van der Waals surface area contributed by atoms with E-state index in [1.165, 1.54) is 5.56 Å². The molecule has 2 rings (SSSR count). The number of rotatable bonds is 5. The summed E-state index contributed by atoms with van der Waals surface area (Å²) in [7, 11) is 0. The molecule has 17 heavy (non-hydrogen) atoms. The van der Waals surface area contributed by atoms with Crippen LogP contribution in [0.15, 0.2) is 30.3 Å². The summed E-state index contributed by atoms with van der Waals surface area (Å²) >= 11 is 0. The average molecular weight is 235 g/mol. The van der Waals surface area contributed by atoms with Gasteiger partial charge in [0.05, 0.1) is 6.10 Å². The molecule has 1 saturated heterocycles. The maximum Gasteiger partial charge on any atom is 0.105 e. The molecule has 0 radical (unpaired) electrons. The minimum absolute atomic E-state index is 0.0632. The van der Waals surface area contributed by atoms with E-state index in [2.05, 4.69) is 29.6 Å². The normalized spacial score (nSPS) is 28.5. The highest BCUT2D eigenvalue weighted by Gasteiger charge is 2.38. The fourth-order valence-corrected chi connectivity index (χ4v) is 2.19. The van der Waals surface area contributed by atoms with Crippen molar-refractivity contribution in [2.24, 2.45) is 0 Å². The van der Waals surface area contributed by atoms with Crippen LogP contribution in [0.5, 0.6) is 0 Å². The fraction of sp³-hybridized carbons (Fsp3) is 0.571. The first kappa shape index (κ1) is 12.6. The van der Waals surface area contributed by atoms with Crippen molar-refractivity contribution in [3.63, 3.8) is 0 Å². The van der Waals surface area contributed by atoms with E-state index < -0.39 is 5.60 Å². The lowest BCUT2D eigenvalue weighted by molar-refractivity contribution is -0.0259. The largest absolute Gasteiger partial charge is 0.386 e. The summed E-state index contributed by atoms with van der Waals surface area (Å²) in [6.07, 6.45) is 1.66. The van der Waals surface area contributed by atoms with Gasteiger partial charge in [-0.2, -0.15) is 0 Å². The minimum Gasteiger partial charge on any atom is -0.386 e. The molecule has 0 saturated carbocycles. The third-order valence-electron chi connectivity index (χ3n) is 3.52. The number of benzene rings is 1. The fourth-order valence-electron chi connectivity index (χ4n) is 2.19. The molecule has 1 aromatic rings. The molecule has 0 spiro atoms. The summed E-state index contributed by atoms with van der Waals surface area (Å²) < 4.78 is 5.39. The molecule has 2 unspecified atom stereocenters. The zero-order valence-corrected chi connectivity index (χ0v) is 10.4. The number of hydrogen-bond acceptors (Lipinski definition) is 3. The summed E-state index contributed by atoms with van der Waals surface area (Å²) in [5.41, 5.74) is 0.638. The molecule has 1 aliphatic heterocycles. The second-order valence-corrected chi connectivity index (χ2v) is 4.78. The number of aliphatic hydroxyl groups is 1. The molecular formula is C14H21NO2. The Bertz CT molecular complexity index is 341. The predicted octanol–water partition coefficient (Wildman–Crippen LogP) is 1.36. The Kier molecular flexibility index (Phi) is 4.15. The highest BCUT2D eigenvalue weighted by molar-refractivity contribution is 5.14. The molecule has 3 heteroatoms. The first-order valence-electron chi connectivity index (χ1n) is 6.29. The number of nitrogens with one attached hydrogen (secondary N) is 1. The van der Waals surface area contributed by atoms with E-state index in [9.17, 15) is 5.11 Å². The maximum atomic E-state index is 10.3. The van der Waals surface area contributed by atoms with Crippen molar-refractivity contribution < 1.29 is 9.84 Å². The molecule has 0 amide bonds. The summed E-state index contributed by atoms with van der Waals surface area (Å²) in [6.45, 7) is 4.10. The van der Waals surface area contributed by atoms with Crippen LogP contribution < -0.4 is 5.32 Å². The van der Waals surface area contributed by atoms with Crippen LogP contribution in [-0.2, 0) is 11.2 Å². The molecule has 94 valence electrons. The Balaban J connectivity index is 1.70. The number of ether oxygens (including phenoxy) is 1. The minimum atomic E-state index is -0.684. The molecule has 0 bridgehead atoms. The highest BCUT2D eigenvalue weighted by atomic mass is 16.5. The smallest absolute Gasteiger partial charge is 0.105 e. The Morgan fingerprint density at radius 1 is 1.41 bits per heavy atom. The van der Waals surface area contributed by atoms with Crippen molar-refractivity contribution in [1.29, 1.82) is 0 Å². The van der Waals surface area contributed by atoms with Crippen molar-refractivity contribution in [2.45, 2.75) is 31.5 Å². The van der Waals surface area contributed by atoms with Gasteiger partial charge in [-0.1, -0.05) is 30.3 Å². The quantitative estimate of drug-likeness (QED) is 0.757. The Labute approximate surface area is 103 Å². The van der Waals surface area contributed by atoms with Gasteiger partial charge in [-0.25, -0.2) is 0 Å². The number of hydrogen-bond donors (Lipinski definition) is 2. The van der Waals surface area contributed by atoms with Crippen LogP contribution in [0.2, 0.25) is 0 Å². The van der Waals surface area contributed by atoms with Gasteiger partial charge in [0.1, 0.15) is 5.60 Å². The van der Waals surface area contributed by atoms with E-state index >= 15 is 0 Å². The van der Waals surface area contributed by atoms with E-state index in [1.807, 2.05) is 13.0 Å². The molecule has 1 aliphatic rings. The molecule has 1 fully saturated rings. The van der Waals surface area contributed by atoms with Crippen LogP contribution in [0.4, 0.5) is 0 Å². The molecular weight excluding hydrogens is 214 g/mol. The van der Waals surface area contributed by atoms with Gasteiger partial charge in [-0.3, -0.25) is 0 Å². The topological polar surface area (TPSA) is 41.5 Å². The van der Waals surface area contributed by atoms with Crippen molar-refractivity contribution in [2.75, 3.05) is 19.7 Å². The van der Waals surface area contributed by atoms with Gasteiger partial charge in [0, 0.05) is 19.6 Å². The Hall–Kier alpha value is -0.900. The van der Waals surface area contributed by atoms with Crippen molar-refractivity contribution >= 4 is 0 Å². The highest BCUT2D eigenvalue weighted by Crippen LogP contribution is 2.24. The first-order valence-corrected chi connectivity index (χ1v) is 6.29. The monoisotopic (exact) mass is 235 g/mol. The van der Waals surface area contributed by atoms with Crippen molar-refractivity contribution in [1.82, 2.24) is 5.32 Å². The van der Waals surface area contributed by atoms with Crippen LogP contribution in [-0.4, -0.2) is 36.5 Å². The molecule has 3 nitrogen and oxygen atoms in total. The standard InChI is InChI=1S/C14H21NO2/c1-12-14(16,8-10-17-12)11-15-9-7-13-5-3-2-4-6-13/h2-6,12,15-16H,7-11H2,1H3. The van der Waals surface area contributed by atoms with E-state index in [-0.39, 0.29) is 6.10 Å². The Morgan fingerprint density at radius 2 is 2.18 bits per heavy atom. The van der Waals surface area contributed by atoms with E-state index in [0.29, 0.717) is 13.2 Å². The van der Waals surface area contributed by atoms with Crippen LogP contribution in [0.1, 0.15) is 18.9 Å². The summed E-state index contributed by atoms with van der Waals surface area (Å²) in [5, 5.41) is 13.6. The summed E-state index contributed by atoms with van der Waals surface area (Å²) in [5.74, 6) is 0. The van der Waals surface area contributed by atoms with Crippen molar-refractivity contribution in [3.8, 4) is 0 Å². The summed E-state index contributed by atoms with van der Waals surface area (Å²) in [6, 6.07) is 10.4. The second kappa shape index (κ2) is 5.63.